The van der Waals surface area contributed by atoms with E-state index >= 15 is 4.39 Å². The van der Waals surface area contributed by atoms with Crippen LogP contribution in [-0.4, -0.2) is 54.0 Å². The zero-order chi connectivity index (χ0) is 38.9. The Morgan fingerprint density at radius 2 is 1.63 bits per heavy atom. The summed E-state index contributed by atoms with van der Waals surface area (Å²) < 4.78 is 39.8. The van der Waals surface area contributed by atoms with Crippen molar-refractivity contribution in [3.8, 4) is 16.9 Å². The van der Waals surface area contributed by atoms with Crippen molar-refractivity contribution in [2.45, 2.75) is 91.4 Å². The summed E-state index contributed by atoms with van der Waals surface area (Å²) in [5.41, 5.74) is 3.70. The van der Waals surface area contributed by atoms with Gasteiger partial charge in [-0.2, -0.15) is 0 Å². The monoisotopic (exact) mass is 736 g/mol. The maximum Gasteiger partial charge on any atom is 0.408 e. The van der Waals surface area contributed by atoms with Crippen LogP contribution in [0.25, 0.3) is 17.2 Å². The molecule has 1 aliphatic rings. The predicted octanol–water partition coefficient (Wildman–Crippen LogP) is 9.46. The van der Waals surface area contributed by atoms with Crippen LogP contribution in [0, 0.1) is 5.82 Å². The number of alkyl carbamates (subject to hydrolysis) is 1. The number of esters is 1. The fraction of sp³-hybridized carbons (Fsp3) is 0.378. The molecule has 1 N–H and O–H groups in total. The summed E-state index contributed by atoms with van der Waals surface area (Å²) in [6, 6.07) is 28.2. The third kappa shape index (κ3) is 12.3. The Bertz CT molecular complexity index is 1910. The summed E-state index contributed by atoms with van der Waals surface area (Å²) >= 11 is 0. The van der Waals surface area contributed by atoms with E-state index in [1.165, 1.54) is 5.56 Å². The van der Waals surface area contributed by atoms with E-state index in [-0.39, 0.29) is 25.1 Å². The number of hydrogen-bond acceptors (Lipinski definition) is 7. The van der Waals surface area contributed by atoms with Gasteiger partial charge in [-0.1, -0.05) is 78.9 Å². The molecule has 1 heterocycles. The molecule has 54 heavy (non-hydrogen) atoms. The van der Waals surface area contributed by atoms with Gasteiger partial charge in [0.05, 0.1) is 25.2 Å². The van der Waals surface area contributed by atoms with Gasteiger partial charge in [-0.25, -0.2) is 9.18 Å². The van der Waals surface area contributed by atoms with Gasteiger partial charge in [0, 0.05) is 36.3 Å². The van der Waals surface area contributed by atoms with E-state index < -0.39 is 29.2 Å². The highest BCUT2D eigenvalue weighted by Gasteiger charge is 2.23. The average molecular weight is 737 g/mol. The van der Waals surface area contributed by atoms with Crippen molar-refractivity contribution in [3.63, 3.8) is 0 Å². The van der Waals surface area contributed by atoms with Crippen LogP contribution >= 0.6 is 0 Å². The predicted molar refractivity (Wildman–Crippen MR) is 210 cm³/mol. The van der Waals surface area contributed by atoms with Gasteiger partial charge in [0.15, 0.2) is 0 Å². The topological polar surface area (TPSA) is 86.3 Å². The summed E-state index contributed by atoms with van der Waals surface area (Å²) in [6.07, 6.45) is 3.39. The molecule has 1 aliphatic heterocycles. The summed E-state index contributed by atoms with van der Waals surface area (Å²) in [5.74, 6) is -0.218. The number of nitrogens with one attached hydrogen (secondary N) is 1. The molecule has 1 unspecified atom stereocenters. The van der Waals surface area contributed by atoms with Crippen LogP contribution in [-0.2, 0) is 38.6 Å². The number of nitrogens with zero attached hydrogens (tertiary/aromatic N) is 1. The molecule has 0 spiro atoms. The Hall–Kier alpha value is -4.99. The van der Waals surface area contributed by atoms with Crippen LogP contribution < -0.4 is 10.1 Å². The van der Waals surface area contributed by atoms with Crippen LogP contribution in [0.3, 0.4) is 0 Å². The molecule has 0 aromatic heterocycles. The van der Waals surface area contributed by atoms with Gasteiger partial charge in [0.25, 0.3) is 0 Å². The van der Waals surface area contributed by atoms with Gasteiger partial charge < -0.3 is 24.3 Å². The maximum atomic E-state index is 16.4. The molecular formula is C45H53FN2O6. The number of hydrogen-bond donors (Lipinski definition) is 1. The highest BCUT2D eigenvalue weighted by Crippen LogP contribution is 2.31. The van der Waals surface area contributed by atoms with Crippen LogP contribution in [0.5, 0.6) is 5.75 Å². The van der Waals surface area contributed by atoms with E-state index in [1.54, 1.807) is 45.9 Å². The number of amides is 1. The first-order valence-electron chi connectivity index (χ1n) is 18.5. The second-order valence-electron chi connectivity index (χ2n) is 15.7. The van der Waals surface area contributed by atoms with Crippen molar-refractivity contribution >= 4 is 18.1 Å². The van der Waals surface area contributed by atoms with Gasteiger partial charge in [-0.05, 0) is 95.0 Å². The lowest BCUT2D eigenvalue weighted by molar-refractivity contribution is -0.153. The minimum Gasteiger partial charge on any atom is -0.489 e. The first-order valence-corrected chi connectivity index (χ1v) is 18.5. The summed E-state index contributed by atoms with van der Waals surface area (Å²) in [4.78, 5) is 27.6. The lowest BCUT2D eigenvalue weighted by Gasteiger charge is -2.31. The third-order valence-corrected chi connectivity index (χ3v) is 8.61. The third-order valence-electron chi connectivity index (χ3n) is 8.61. The quantitative estimate of drug-likeness (QED) is 0.145. The van der Waals surface area contributed by atoms with E-state index in [0.29, 0.717) is 34.6 Å². The Labute approximate surface area is 319 Å². The SMILES string of the molecule is C[C@@H](NC(=O)OC(C)(C)C)c1cccc(-c2cc(C=CC3CN(Cc4ccccc4)CCO3)cc(COc3ccccc3CC(=O)OC(C)(C)C)c2)c1F. The molecule has 0 radical (unpaired) electrons. The van der Waals surface area contributed by atoms with Gasteiger partial charge in [-0.15, -0.1) is 0 Å². The van der Waals surface area contributed by atoms with Crippen molar-refractivity contribution in [3.05, 3.63) is 131 Å². The van der Waals surface area contributed by atoms with Crippen LogP contribution in [0.15, 0.2) is 97.1 Å². The molecule has 1 saturated heterocycles. The second-order valence-corrected chi connectivity index (χ2v) is 15.7. The van der Waals surface area contributed by atoms with Crippen LogP contribution in [0.4, 0.5) is 9.18 Å². The molecular weight excluding hydrogens is 684 g/mol. The molecule has 1 amide bonds. The van der Waals surface area contributed by atoms with E-state index in [2.05, 4.69) is 40.6 Å². The lowest BCUT2D eigenvalue weighted by Crippen LogP contribution is -2.41. The van der Waals surface area contributed by atoms with Crippen molar-refractivity contribution in [1.29, 1.82) is 0 Å². The molecule has 8 nitrogen and oxygen atoms in total. The van der Waals surface area contributed by atoms with Crippen molar-refractivity contribution in [2.75, 3.05) is 19.7 Å². The van der Waals surface area contributed by atoms with Gasteiger partial charge in [-0.3, -0.25) is 9.69 Å². The number of carbonyl (C=O) groups excluding carboxylic acids is 2. The molecule has 1 fully saturated rings. The number of ether oxygens (including phenoxy) is 4. The van der Waals surface area contributed by atoms with Gasteiger partial charge in [0.2, 0.25) is 0 Å². The average Bonchev–Trinajstić information content (AvgIpc) is 3.09. The molecule has 0 aliphatic carbocycles. The Balaban J connectivity index is 1.41. The van der Waals surface area contributed by atoms with Crippen molar-refractivity contribution < 1.29 is 32.9 Å². The number of morpholine rings is 1. The molecule has 0 saturated carbocycles. The maximum absolute atomic E-state index is 16.4. The fourth-order valence-electron chi connectivity index (χ4n) is 6.26. The standard InChI is InChI=1S/C45H53FN2O6/c1-31(47-43(50)54-45(5,6)7)38-17-13-18-39(42(38)46)36-25-33(20-21-37-29-48(22-23-51-37)28-32-14-9-8-10-15-32)24-34(26-36)30-52-40-19-12-11-16-35(40)27-41(49)53-44(2,3)4/h8-21,24-26,31,37H,22-23,27-30H2,1-7H3,(H,47,50)/t31-,37?/m1/s1. The smallest absolute Gasteiger partial charge is 0.408 e. The van der Waals surface area contributed by atoms with Crippen LogP contribution in [0.2, 0.25) is 0 Å². The van der Waals surface area contributed by atoms with Crippen molar-refractivity contribution in [2.24, 2.45) is 0 Å². The molecule has 286 valence electrons. The minimum atomic E-state index is -0.685. The minimum absolute atomic E-state index is 0.0671. The number of carbonyl (C=O) groups is 2. The zero-order valence-electron chi connectivity index (χ0n) is 32.5. The molecule has 4 aromatic rings. The number of halogens is 1. The molecule has 4 aromatic carbocycles. The summed E-state index contributed by atoms with van der Waals surface area (Å²) in [6.45, 7) is 15.8. The second kappa shape index (κ2) is 17.9. The van der Waals surface area contributed by atoms with Crippen molar-refractivity contribution in [1.82, 2.24) is 10.2 Å². The number of para-hydroxylation sites is 1. The molecule has 2 atom stereocenters. The van der Waals surface area contributed by atoms with E-state index in [4.69, 9.17) is 18.9 Å². The number of rotatable bonds is 12. The highest BCUT2D eigenvalue weighted by molar-refractivity contribution is 5.74. The summed E-state index contributed by atoms with van der Waals surface area (Å²) in [5, 5.41) is 2.76. The first-order chi connectivity index (χ1) is 25.6. The zero-order valence-corrected chi connectivity index (χ0v) is 32.5. The van der Waals surface area contributed by atoms with E-state index in [9.17, 15) is 9.59 Å². The molecule has 9 heteroatoms. The van der Waals surface area contributed by atoms with Gasteiger partial charge in [0.1, 0.15) is 29.4 Å². The van der Waals surface area contributed by atoms with Gasteiger partial charge >= 0.3 is 12.1 Å². The van der Waals surface area contributed by atoms with E-state index in [0.717, 1.165) is 30.8 Å². The first kappa shape index (κ1) is 40.2. The molecule has 0 bridgehead atoms. The molecule has 5 rings (SSSR count). The summed E-state index contributed by atoms with van der Waals surface area (Å²) in [7, 11) is 0. The lowest BCUT2D eigenvalue weighted by atomic mass is 9.95. The normalized spacial score (nSPS) is 15.8. The van der Waals surface area contributed by atoms with Crippen LogP contribution in [0.1, 0.15) is 82.3 Å². The Morgan fingerprint density at radius 3 is 2.37 bits per heavy atom. The largest absolute Gasteiger partial charge is 0.489 e. The fourth-order valence-corrected chi connectivity index (χ4v) is 6.26. The number of benzene rings is 4. The highest BCUT2D eigenvalue weighted by atomic mass is 19.1. The Morgan fingerprint density at radius 1 is 0.907 bits per heavy atom. The Kier molecular flexibility index (Phi) is 13.3. The van der Waals surface area contributed by atoms with E-state index in [1.807, 2.05) is 75.4 Å².